The van der Waals surface area contributed by atoms with Gasteiger partial charge < -0.3 is 0 Å². The normalized spacial score (nSPS) is 37.5. The van der Waals surface area contributed by atoms with Gasteiger partial charge in [0.2, 0.25) is 0 Å². The van der Waals surface area contributed by atoms with Gasteiger partial charge in [0.1, 0.15) is 5.25 Å². The van der Waals surface area contributed by atoms with E-state index in [9.17, 15) is 8.42 Å². The highest BCUT2D eigenvalue weighted by molar-refractivity contribution is 7.91. The molecule has 0 bridgehead atoms. The Bertz CT molecular complexity index is 351. The number of sulfonamides is 1. The summed E-state index contributed by atoms with van der Waals surface area (Å²) < 4.78 is 25.7. The lowest BCUT2D eigenvalue weighted by Crippen LogP contribution is -2.21. The van der Waals surface area contributed by atoms with Crippen molar-refractivity contribution in [1.29, 1.82) is 0 Å². The maximum atomic E-state index is 11.1. The second kappa shape index (κ2) is 2.04. The first-order chi connectivity index (χ1) is 5.20. The van der Waals surface area contributed by atoms with Gasteiger partial charge in [-0.2, -0.15) is 4.40 Å². The Morgan fingerprint density at radius 2 is 1.91 bits per heavy atom. The monoisotopic (exact) mass is 169 g/mol. The van der Waals surface area contributed by atoms with Crippen molar-refractivity contribution in [2.45, 2.75) is 5.25 Å². The maximum absolute atomic E-state index is 11.1. The second-order valence-corrected chi connectivity index (χ2v) is 4.37. The third-order valence-electron chi connectivity index (χ3n) is 1.85. The van der Waals surface area contributed by atoms with E-state index in [0.29, 0.717) is 0 Å². The van der Waals surface area contributed by atoms with Crippen molar-refractivity contribution in [2.24, 2.45) is 10.3 Å². The van der Waals surface area contributed by atoms with E-state index in [4.69, 9.17) is 0 Å². The first-order valence-electron chi connectivity index (χ1n) is 3.34. The summed E-state index contributed by atoms with van der Waals surface area (Å²) in [5.74, 6) is -0.0370. The van der Waals surface area contributed by atoms with Crippen LogP contribution in [0.4, 0.5) is 0 Å². The van der Waals surface area contributed by atoms with Crippen LogP contribution in [-0.2, 0) is 10.0 Å². The van der Waals surface area contributed by atoms with Gasteiger partial charge in [-0.05, 0) is 0 Å². The number of hydrogen-bond acceptors (Lipinski definition) is 2. The van der Waals surface area contributed by atoms with Crippen molar-refractivity contribution >= 4 is 16.2 Å². The molecule has 1 heterocycles. The zero-order valence-electron chi connectivity index (χ0n) is 5.71. The summed E-state index contributed by atoms with van der Waals surface area (Å²) in [6.07, 6.45) is 8.59. The smallest absolute Gasteiger partial charge is 0.204 e. The van der Waals surface area contributed by atoms with Crippen LogP contribution in [0.25, 0.3) is 0 Å². The molecule has 0 spiro atoms. The van der Waals surface area contributed by atoms with Crippen molar-refractivity contribution in [1.82, 2.24) is 0 Å². The highest BCUT2D eigenvalue weighted by Gasteiger charge is 2.34. The molecular weight excluding hydrogens is 162 g/mol. The zero-order valence-corrected chi connectivity index (χ0v) is 6.53. The van der Waals surface area contributed by atoms with E-state index in [1.165, 1.54) is 6.21 Å². The lowest BCUT2D eigenvalue weighted by Gasteiger charge is -2.10. The Labute approximate surface area is 65.2 Å². The number of hydrogen-bond donors (Lipinski definition) is 0. The van der Waals surface area contributed by atoms with Crippen LogP contribution in [0.1, 0.15) is 0 Å². The maximum Gasteiger partial charge on any atom is 0.260 e. The second-order valence-electron chi connectivity index (χ2n) is 2.58. The van der Waals surface area contributed by atoms with Crippen LogP contribution in [0.15, 0.2) is 28.7 Å². The van der Waals surface area contributed by atoms with Gasteiger partial charge >= 0.3 is 0 Å². The summed E-state index contributed by atoms with van der Waals surface area (Å²) in [5.41, 5.74) is 0. The molecule has 3 nitrogen and oxygen atoms in total. The molecule has 0 radical (unpaired) electrons. The van der Waals surface area contributed by atoms with Gasteiger partial charge in [0.25, 0.3) is 10.0 Å². The molecule has 0 fully saturated rings. The third kappa shape index (κ3) is 0.939. The summed E-state index contributed by atoms with van der Waals surface area (Å²) >= 11 is 0. The quantitative estimate of drug-likeness (QED) is 0.530. The van der Waals surface area contributed by atoms with Crippen LogP contribution in [0.3, 0.4) is 0 Å². The SMILES string of the molecule is O=S1(=O)N=CC2C=CC=CC21. The molecule has 58 valence electrons. The molecule has 1 aliphatic heterocycles. The van der Waals surface area contributed by atoms with Crippen LogP contribution in [0.5, 0.6) is 0 Å². The minimum Gasteiger partial charge on any atom is -0.204 e. The molecular formula is C7H7NO2S. The predicted molar refractivity (Wildman–Crippen MR) is 43.0 cm³/mol. The van der Waals surface area contributed by atoms with E-state index in [1.807, 2.05) is 12.2 Å². The van der Waals surface area contributed by atoms with Crippen molar-refractivity contribution in [3.8, 4) is 0 Å². The molecule has 2 aliphatic rings. The highest BCUT2D eigenvalue weighted by atomic mass is 32.2. The average molecular weight is 169 g/mol. The van der Waals surface area contributed by atoms with Crippen LogP contribution in [0.2, 0.25) is 0 Å². The molecule has 0 aromatic heterocycles. The molecule has 0 saturated heterocycles. The Balaban J connectivity index is 2.48. The van der Waals surface area contributed by atoms with Gasteiger partial charge in [-0.25, -0.2) is 8.42 Å². The Kier molecular flexibility index (Phi) is 1.26. The number of rotatable bonds is 0. The first-order valence-corrected chi connectivity index (χ1v) is 4.85. The van der Waals surface area contributed by atoms with E-state index >= 15 is 0 Å². The average Bonchev–Trinajstić information content (AvgIpc) is 2.29. The fourth-order valence-electron chi connectivity index (χ4n) is 1.26. The van der Waals surface area contributed by atoms with Crippen LogP contribution in [-0.4, -0.2) is 19.9 Å². The topological polar surface area (TPSA) is 46.5 Å². The van der Waals surface area contributed by atoms with Crippen molar-refractivity contribution in [3.63, 3.8) is 0 Å². The lowest BCUT2D eigenvalue weighted by atomic mass is 10.0. The molecule has 4 heteroatoms. The molecule has 2 rings (SSSR count). The Morgan fingerprint density at radius 1 is 1.18 bits per heavy atom. The first kappa shape index (κ1) is 6.79. The van der Waals surface area contributed by atoms with E-state index in [2.05, 4.69) is 4.40 Å². The van der Waals surface area contributed by atoms with Crippen molar-refractivity contribution in [2.75, 3.05) is 0 Å². The number of fused-ring (bicyclic) bond motifs is 1. The number of nitrogens with zero attached hydrogens (tertiary/aromatic N) is 1. The minimum absolute atomic E-state index is 0.0370. The van der Waals surface area contributed by atoms with E-state index in [-0.39, 0.29) is 5.92 Å². The highest BCUT2D eigenvalue weighted by Crippen LogP contribution is 2.24. The van der Waals surface area contributed by atoms with Crippen molar-refractivity contribution in [3.05, 3.63) is 24.3 Å². The largest absolute Gasteiger partial charge is 0.260 e. The summed E-state index contributed by atoms with van der Waals surface area (Å²) in [6.45, 7) is 0. The Hall–Kier alpha value is -0.900. The van der Waals surface area contributed by atoms with E-state index in [1.54, 1.807) is 12.2 Å². The fourth-order valence-corrected chi connectivity index (χ4v) is 2.56. The van der Waals surface area contributed by atoms with Gasteiger partial charge in [0.15, 0.2) is 0 Å². The molecule has 2 atom stereocenters. The predicted octanol–water partition coefficient (Wildman–Crippen LogP) is 0.511. The Morgan fingerprint density at radius 3 is 2.64 bits per heavy atom. The zero-order chi connectivity index (χ0) is 7.90. The summed E-state index contributed by atoms with van der Waals surface area (Å²) in [5, 5.41) is -0.438. The standard InChI is InChI=1S/C7H7NO2S/c9-11(10)7-4-2-1-3-6(7)5-8-11/h1-7H. The molecule has 1 aliphatic carbocycles. The molecule has 0 N–H and O–H groups in total. The summed E-state index contributed by atoms with van der Waals surface area (Å²) in [7, 11) is -3.22. The summed E-state index contributed by atoms with van der Waals surface area (Å²) in [6, 6.07) is 0. The van der Waals surface area contributed by atoms with Gasteiger partial charge in [-0.15, -0.1) is 0 Å². The van der Waals surface area contributed by atoms with E-state index < -0.39 is 15.3 Å². The van der Waals surface area contributed by atoms with Crippen LogP contribution in [0, 0.1) is 5.92 Å². The molecule has 0 aromatic carbocycles. The third-order valence-corrected chi connectivity index (χ3v) is 3.42. The van der Waals surface area contributed by atoms with Gasteiger partial charge in [-0.1, -0.05) is 24.3 Å². The molecule has 0 amide bonds. The fraction of sp³-hybridized carbons (Fsp3) is 0.286. The van der Waals surface area contributed by atoms with Crippen LogP contribution >= 0.6 is 0 Å². The lowest BCUT2D eigenvalue weighted by molar-refractivity contribution is 0.590. The van der Waals surface area contributed by atoms with Gasteiger partial charge in [0, 0.05) is 12.1 Å². The summed E-state index contributed by atoms with van der Waals surface area (Å²) in [4.78, 5) is 0. The van der Waals surface area contributed by atoms with Crippen molar-refractivity contribution < 1.29 is 8.42 Å². The minimum atomic E-state index is -3.22. The van der Waals surface area contributed by atoms with Gasteiger partial charge in [-0.3, -0.25) is 0 Å². The number of allylic oxidation sites excluding steroid dienone is 3. The van der Waals surface area contributed by atoms with Crippen LogP contribution < -0.4 is 0 Å². The molecule has 11 heavy (non-hydrogen) atoms. The molecule has 0 saturated carbocycles. The van der Waals surface area contributed by atoms with Gasteiger partial charge in [0.05, 0.1) is 0 Å². The molecule has 0 aromatic rings. The van der Waals surface area contributed by atoms with E-state index in [0.717, 1.165) is 0 Å². The molecule has 2 unspecified atom stereocenters.